The summed E-state index contributed by atoms with van der Waals surface area (Å²) < 4.78 is 6.07. The van der Waals surface area contributed by atoms with E-state index >= 15 is 0 Å². The predicted molar refractivity (Wildman–Crippen MR) is 103 cm³/mol. The number of para-hydroxylation sites is 1. The Bertz CT molecular complexity index is 832. The smallest absolute Gasteiger partial charge is 0.124 e. The van der Waals surface area contributed by atoms with Gasteiger partial charge in [0, 0.05) is 27.9 Å². The van der Waals surface area contributed by atoms with Crippen molar-refractivity contribution in [1.29, 1.82) is 0 Å². The van der Waals surface area contributed by atoms with Crippen LogP contribution in [-0.4, -0.2) is 24.2 Å². The van der Waals surface area contributed by atoms with Crippen LogP contribution in [0.3, 0.4) is 0 Å². The maximum absolute atomic E-state index is 6.07. The molecule has 0 aliphatic rings. The minimum absolute atomic E-state index is 0.518. The Labute approximate surface area is 143 Å². The zero-order chi connectivity index (χ0) is 16.9. The molecule has 0 amide bonds. The molecular formula is C21H26N2O. The Kier molecular flexibility index (Phi) is 5.21. The van der Waals surface area contributed by atoms with E-state index in [1.54, 1.807) is 0 Å². The number of benzene rings is 2. The maximum Gasteiger partial charge on any atom is 0.124 e. The summed E-state index contributed by atoms with van der Waals surface area (Å²) in [6, 6.07) is 13.2. The average Bonchev–Trinajstić information content (AvgIpc) is 2.95. The summed E-state index contributed by atoms with van der Waals surface area (Å²) in [7, 11) is 0. The van der Waals surface area contributed by atoms with E-state index in [-0.39, 0.29) is 0 Å². The first kappa shape index (κ1) is 16.6. The predicted octanol–water partition coefficient (Wildman–Crippen LogP) is 4.82. The van der Waals surface area contributed by atoms with Gasteiger partial charge in [-0.1, -0.05) is 38.1 Å². The van der Waals surface area contributed by atoms with E-state index in [0.29, 0.717) is 6.04 Å². The highest BCUT2D eigenvalue weighted by atomic mass is 16.5. The number of aromatic amines is 1. The molecule has 0 unspecified atom stereocenters. The molecule has 2 aromatic carbocycles. The summed E-state index contributed by atoms with van der Waals surface area (Å²) in [5.74, 6) is 0.957. The van der Waals surface area contributed by atoms with Crippen molar-refractivity contribution in [2.45, 2.75) is 32.7 Å². The van der Waals surface area contributed by atoms with Gasteiger partial charge in [0.05, 0.1) is 12.1 Å². The van der Waals surface area contributed by atoms with Crippen molar-refractivity contribution in [2.24, 2.45) is 0 Å². The molecule has 0 radical (unpaired) electrons. The van der Waals surface area contributed by atoms with Crippen molar-refractivity contribution < 1.29 is 4.74 Å². The van der Waals surface area contributed by atoms with Crippen molar-refractivity contribution >= 4 is 21.8 Å². The van der Waals surface area contributed by atoms with Gasteiger partial charge in [-0.25, -0.2) is 0 Å². The van der Waals surface area contributed by atoms with Gasteiger partial charge in [0.25, 0.3) is 0 Å². The van der Waals surface area contributed by atoms with E-state index in [2.05, 4.69) is 67.1 Å². The maximum atomic E-state index is 6.07. The van der Waals surface area contributed by atoms with Gasteiger partial charge in [-0.05, 0) is 37.6 Å². The van der Waals surface area contributed by atoms with Crippen LogP contribution in [-0.2, 0) is 6.42 Å². The topological polar surface area (TPSA) is 37.0 Å². The van der Waals surface area contributed by atoms with Gasteiger partial charge in [0.15, 0.2) is 0 Å². The van der Waals surface area contributed by atoms with Crippen molar-refractivity contribution in [2.75, 3.05) is 13.2 Å². The van der Waals surface area contributed by atoms with Crippen molar-refractivity contribution in [3.05, 3.63) is 54.6 Å². The van der Waals surface area contributed by atoms with Gasteiger partial charge in [0.1, 0.15) is 5.75 Å². The minimum Gasteiger partial charge on any atom is -0.493 e. The molecular weight excluding hydrogens is 296 g/mol. The molecule has 3 rings (SSSR count). The normalized spacial score (nSPS) is 11.5. The van der Waals surface area contributed by atoms with E-state index in [1.165, 1.54) is 16.3 Å². The number of hydrogen-bond acceptors (Lipinski definition) is 2. The fourth-order valence-corrected chi connectivity index (χ4v) is 3.08. The van der Waals surface area contributed by atoms with Crippen LogP contribution in [0.2, 0.25) is 0 Å². The van der Waals surface area contributed by atoms with Gasteiger partial charge < -0.3 is 15.0 Å². The molecule has 126 valence electrons. The van der Waals surface area contributed by atoms with Crippen LogP contribution < -0.4 is 10.1 Å². The number of fused-ring (bicyclic) bond motifs is 3. The number of aromatic nitrogens is 1. The Morgan fingerprint density at radius 1 is 1.17 bits per heavy atom. The Hall–Kier alpha value is -2.26. The van der Waals surface area contributed by atoms with Crippen molar-refractivity contribution in [1.82, 2.24) is 10.3 Å². The SMILES string of the molecule is C=CCc1c(OCCCNC(C)C)ccc2c1[nH]c1ccccc12. The Morgan fingerprint density at radius 3 is 2.79 bits per heavy atom. The lowest BCUT2D eigenvalue weighted by Crippen LogP contribution is -2.24. The highest BCUT2D eigenvalue weighted by molar-refractivity contribution is 6.08. The monoisotopic (exact) mass is 322 g/mol. The number of nitrogens with one attached hydrogen (secondary N) is 2. The number of allylic oxidation sites excluding steroid dienone is 1. The first-order valence-corrected chi connectivity index (χ1v) is 8.70. The van der Waals surface area contributed by atoms with Crippen LogP contribution in [0.15, 0.2) is 49.1 Å². The second-order valence-electron chi connectivity index (χ2n) is 6.44. The van der Waals surface area contributed by atoms with Gasteiger partial charge >= 0.3 is 0 Å². The largest absolute Gasteiger partial charge is 0.493 e. The lowest BCUT2D eigenvalue weighted by Gasteiger charge is -2.13. The van der Waals surface area contributed by atoms with Crippen LogP contribution in [0, 0.1) is 0 Å². The van der Waals surface area contributed by atoms with Gasteiger partial charge in [0.2, 0.25) is 0 Å². The third-order valence-corrected chi connectivity index (χ3v) is 4.23. The molecule has 3 aromatic rings. The van der Waals surface area contributed by atoms with Crippen LogP contribution >= 0.6 is 0 Å². The van der Waals surface area contributed by atoms with Crippen LogP contribution in [0.4, 0.5) is 0 Å². The number of hydrogen-bond donors (Lipinski definition) is 2. The van der Waals surface area contributed by atoms with E-state index in [0.717, 1.165) is 42.8 Å². The summed E-state index contributed by atoms with van der Waals surface area (Å²) >= 11 is 0. The second kappa shape index (κ2) is 7.54. The van der Waals surface area contributed by atoms with E-state index in [4.69, 9.17) is 4.74 Å². The molecule has 0 fully saturated rings. The fourth-order valence-electron chi connectivity index (χ4n) is 3.08. The molecule has 24 heavy (non-hydrogen) atoms. The number of H-pyrrole nitrogens is 1. The quantitative estimate of drug-likeness (QED) is 0.461. The third kappa shape index (κ3) is 3.46. The van der Waals surface area contributed by atoms with E-state index in [1.807, 2.05) is 6.08 Å². The first-order valence-electron chi connectivity index (χ1n) is 8.70. The van der Waals surface area contributed by atoms with Crippen LogP contribution in [0.25, 0.3) is 21.8 Å². The van der Waals surface area contributed by atoms with E-state index < -0.39 is 0 Å². The highest BCUT2D eigenvalue weighted by Gasteiger charge is 2.12. The zero-order valence-electron chi connectivity index (χ0n) is 14.6. The van der Waals surface area contributed by atoms with Gasteiger partial charge in [-0.2, -0.15) is 0 Å². The number of ether oxygens (including phenoxy) is 1. The standard InChI is InChI=1S/C21H26N2O/c1-4-8-18-20(24-14-7-13-22-15(2)3)12-11-17-16-9-5-6-10-19(16)23-21(17)18/h4-6,9-12,15,22-23H,1,7-8,13-14H2,2-3H3. The molecule has 3 heteroatoms. The molecule has 0 aliphatic carbocycles. The zero-order valence-corrected chi connectivity index (χ0v) is 14.6. The molecule has 0 spiro atoms. The summed E-state index contributed by atoms with van der Waals surface area (Å²) in [6.45, 7) is 9.92. The molecule has 0 aliphatic heterocycles. The third-order valence-electron chi connectivity index (χ3n) is 4.23. The molecule has 1 heterocycles. The first-order chi connectivity index (χ1) is 11.7. The van der Waals surface area contributed by atoms with Crippen molar-refractivity contribution in [3.63, 3.8) is 0 Å². The van der Waals surface area contributed by atoms with Gasteiger partial charge in [-0.3, -0.25) is 0 Å². The Morgan fingerprint density at radius 2 is 2.00 bits per heavy atom. The molecule has 2 N–H and O–H groups in total. The highest BCUT2D eigenvalue weighted by Crippen LogP contribution is 2.33. The molecule has 0 saturated heterocycles. The Balaban J connectivity index is 1.86. The number of rotatable bonds is 8. The second-order valence-corrected chi connectivity index (χ2v) is 6.44. The fraction of sp³-hybridized carbons (Fsp3) is 0.333. The minimum atomic E-state index is 0.518. The van der Waals surface area contributed by atoms with Crippen LogP contribution in [0.5, 0.6) is 5.75 Å². The lowest BCUT2D eigenvalue weighted by molar-refractivity contribution is 0.304. The molecule has 3 nitrogen and oxygen atoms in total. The van der Waals surface area contributed by atoms with Crippen LogP contribution in [0.1, 0.15) is 25.8 Å². The van der Waals surface area contributed by atoms with E-state index in [9.17, 15) is 0 Å². The van der Waals surface area contributed by atoms with Crippen molar-refractivity contribution in [3.8, 4) is 5.75 Å². The molecule has 0 saturated carbocycles. The average molecular weight is 322 g/mol. The lowest BCUT2D eigenvalue weighted by atomic mass is 10.1. The van der Waals surface area contributed by atoms with Gasteiger partial charge in [-0.15, -0.1) is 6.58 Å². The summed E-state index contributed by atoms with van der Waals surface area (Å²) in [6.07, 6.45) is 3.73. The summed E-state index contributed by atoms with van der Waals surface area (Å²) in [5, 5.41) is 5.92. The molecule has 0 bridgehead atoms. The molecule has 1 aromatic heterocycles. The molecule has 0 atom stereocenters. The summed E-state index contributed by atoms with van der Waals surface area (Å²) in [4.78, 5) is 3.55. The summed E-state index contributed by atoms with van der Waals surface area (Å²) in [5.41, 5.74) is 3.51.